The monoisotopic (exact) mass is 287 g/mol. The number of fused-ring (bicyclic) bond motifs is 1. The largest absolute Gasteiger partial charge is 0.364 e. The molecule has 6 heteroatoms. The van der Waals surface area contributed by atoms with E-state index in [0.717, 1.165) is 43.3 Å². The molecular weight excluding hydrogens is 269 g/mol. The number of benzene rings is 1. The number of piperazine rings is 1. The van der Waals surface area contributed by atoms with Crippen LogP contribution < -0.4 is 15.5 Å². The minimum atomic E-state index is -0.272. The van der Waals surface area contributed by atoms with Crippen molar-refractivity contribution in [1.82, 2.24) is 15.3 Å². The zero-order valence-electron chi connectivity index (χ0n) is 11.8. The highest BCUT2D eigenvalue weighted by molar-refractivity contribution is 5.80. The molecule has 1 aliphatic carbocycles. The molecule has 0 atom stereocenters. The summed E-state index contributed by atoms with van der Waals surface area (Å²) in [5.41, 5.74) is 1.35. The Morgan fingerprint density at radius 2 is 1.95 bits per heavy atom. The Morgan fingerprint density at radius 1 is 1.14 bits per heavy atom. The summed E-state index contributed by atoms with van der Waals surface area (Å²) in [5, 5.41) is 6.79. The van der Waals surface area contributed by atoms with Gasteiger partial charge in [0, 0.05) is 38.3 Å². The van der Waals surface area contributed by atoms with Crippen molar-refractivity contribution in [3.63, 3.8) is 0 Å². The number of anilines is 2. The minimum absolute atomic E-state index is 0.272. The van der Waals surface area contributed by atoms with Gasteiger partial charge in [0.05, 0.1) is 11.0 Å². The average Bonchev–Trinajstić information content (AvgIpc) is 3.32. The third-order valence-electron chi connectivity index (χ3n) is 3.94. The van der Waals surface area contributed by atoms with Gasteiger partial charge < -0.3 is 15.5 Å². The van der Waals surface area contributed by atoms with E-state index in [1.807, 2.05) is 0 Å². The van der Waals surface area contributed by atoms with E-state index < -0.39 is 0 Å². The quantitative estimate of drug-likeness (QED) is 0.901. The van der Waals surface area contributed by atoms with Crippen LogP contribution in [0.2, 0.25) is 0 Å². The van der Waals surface area contributed by atoms with Gasteiger partial charge in [0.15, 0.2) is 11.6 Å². The summed E-state index contributed by atoms with van der Waals surface area (Å²) in [6, 6.07) is 5.09. The van der Waals surface area contributed by atoms with Gasteiger partial charge in [0.25, 0.3) is 0 Å². The van der Waals surface area contributed by atoms with Crippen molar-refractivity contribution < 1.29 is 4.39 Å². The van der Waals surface area contributed by atoms with Crippen molar-refractivity contribution in [2.45, 2.75) is 18.9 Å². The van der Waals surface area contributed by atoms with E-state index in [2.05, 4.69) is 25.5 Å². The van der Waals surface area contributed by atoms with Crippen LogP contribution in [0.5, 0.6) is 0 Å². The highest BCUT2D eigenvalue weighted by atomic mass is 19.1. The van der Waals surface area contributed by atoms with Crippen molar-refractivity contribution in [2.24, 2.45) is 0 Å². The first-order valence-corrected chi connectivity index (χ1v) is 7.49. The first kappa shape index (κ1) is 12.8. The van der Waals surface area contributed by atoms with Crippen LogP contribution in [0.25, 0.3) is 11.0 Å². The molecule has 0 bridgehead atoms. The second kappa shape index (κ2) is 5.11. The Hall–Kier alpha value is -1.95. The number of hydrogen-bond donors (Lipinski definition) is 2. The molecule has 4 rings (SSSR count). The molecule has 0 unspecified atom stereocenters. The molecule has 2 aliphatic rings. The number of nitrogens with zero attached hydrogens (tertiary/aromatic N) is 3. The first-order valence-electron chi connectivity index (χ1n) is 7.49. The molecule has 1 saturated carbocycles. The van der Waals surface area contributed by atoms with Crippen molar-refractivity contribution in [3.05, 3.63) is 24.0 Å². The first-order chi connectivity index (χ1) is 10.3. The lowest BCUT2D eigenvalue weighted by molar-refractivity contribution is 0.585. The number of nitrogens with one attached hydrogen (secondary N) is 2. The molecule has 2 aromatic rings. The maximum atomic E-state index is 13.4. The fraction of sp³-hybridized carbons (Fsp3) is 0.467. The van der Waals surface area contributed by atoms with E-state index in [1.54, 1.807) is 6.07 Å². The SMILES string of the molecule is Fc1ccc2nc(NC3CC3)c(N3CCNCC3)nc2c1. The van der Waals surface area contributed by atoms with Gasteiger partial charge in [-0.2, -0.15) is 0 Å². The lowest BCUT2D eigenvalue weighted by Crippen LogP contribution is -2.44. The number of hydrogen-bond acceptors (Lipinski definition) is 5. The fourth-order valence-electron chi connectivity index (χ4n) is 2.63. The minimum Gasteiger partial charge on any atom is -0.364 e. The van der Waals surface area contributed by atoms with Crippen molar-refractivity contribution in [1.29, 1.82) is 0 Å². The average molecular weight is 287 g/mol. The van der Waals surface area contributed by atoms with Gasteiger partial charge in [-0.15, -0.1) is 0 Å². The van der Waals surface area contributed by atoms with E-state index in [9.17, 15) is 4.39 Å². The Labute approximate surface area is 122 Å². The van der Waals surface area contributed by atoms with Crippen LogP contribution in [0.4, 0.5) is 16.0 Å². The summed E-state index contributed by atoms with van der Waals surface area (Å²) in [6.07, 6.45) is 2.37. The maximum absolute atomic E-state index is 13.4. The summed E-state index contributed by atoms with van der Waals surface area (Å²) in [5.74, 6) is 1.41. The predicted octanol–water partition coefficient (Wildman–Crippen LogP) is 1.75. The molecule has 1 aromatic heterocycles. The second-order valence-corrected chi connectivity index (χ2v) is 5.68. The molecule has 0 radical (unpaired) electrons. The normalized spacial score (nSPS) is 19.0. The molecule has 2 heterocycles. The van der Waals surface area contributed by atoms with E-state index in [1.165, 1.54) is 25.0 Å². The molecule has 2 fully saturated rings. The van der Waals surface area contributed by atoms with E-state index in [0.29, 0.717) is 11.6 Å². The third kappa shape index (κ3) is 2.63. The van der Waals surface area contributed by atoms with Gasteiger partial charge in [-0.25, -0.2) is 14.4 Å². The molecular formula is C15H18FN5. The van der Waals surface area contributed by atoms with Gasteiger partial charge in [0.1, 0.15) is 5.82 Å². The molecule has 2 N–H and O–H groups in total. The molecule has 1 saturated heterocycles. The summed E-state index contributed by atoms with van der Waals surface area (Å²) in [4.78, 5) is 11.6. The molecule has 1 aromatic carbocycles. The second-order valence-electron chi connectivity index (χ2n) is 5.68. The lowest BCUT2D eigenvalue weighted by Gasteiger charge is -2.29. The fourth-order valence-corrected chi connectivity index (χ4v) is 2.63. The van der Waals surface area contributed by atoms with Crippen molar-refractivity contribution in [2.75, 3.05) is 36.4 Å². The van der Waals surface area contributed by atoms with Gasteiger partial charge in [0.2, 0.25) is 0 Å². The summed E-state index contributed by atoms with van der Waals surface area (Å²) in [7, 11) is 0. The van der Waals surface area contributed by atoms with Crippen molar-refractivity contribution >= 4 is 22.7 Å². The van der Waals surface area contributed by atoms with E-state index >= 15 is 0 Å². The highest BCUT2D eigenvalue weighted by Gasteiger charge is 2.25. The maximum Gasteiger partial charge on any atom is 0.172 e. The molecule has 5 nitrogen and oxygen atoms in total. The Bertz CT molecular complexity index is 664. The van der Waals surface area contributed by atoms with Gasteiger partial charge in [-0.05, 0) is 25.0 Å². The predicted molar refractivity (Wildman–Crippen MR) is 81.2 cm³/mol. The van der Waals surface area contributed by atoms with Crippen LogP contribution in [0.1, 0.15) is 12.8 Å². The molecule has 0 amide bonds. The Kier molecular flexibility index (Phi) is 3.11. The molecule has 110 valence electrons. The van der Waals surface area contributed by atoms with Gasteiger partial charge >= 0.3 is 0 Å². The standard InChI is InChI=1S/C15H18FN5/c16-10-1-4-12-13(9-10)20-15(21-7-5-17-6-8-21)14(19-12)18-11-2-3-11/h1,4,9,11,17H,2-3,5-8H2,(H,18,19). The van der Waals surface area contributed by atoms with Crippen LogP contribution in [-0.4, -0.2) is 42.2 Å². The van der Waals surface area contributed by atoms with Crippen LogP contribution in [0, 0.1) is 5.82 Å². The van der Waals surface area contributed by atoms with Gasteiger partial charge in [-0.3, -0.25) is 0 Å². The smallest absolute Gasteiger partial charge is 0.172 e. The van der Waals surface area contributed by atoms with Crippen LogP contribution in [0.15, 0.2) is 18.2 Å². The summed E-state index contributed by atoms with van der Waals surface area (Å²) >= 11 is 0. The third-order valence-corrected chi connectivity index (χ3v) is 3.94. The molecule has 21 heavy (non-hydrogen) atoms. The van der Waals surface area contributed by atoms with E-state index in [-0.39, 0.29) is 5.82 Å². The van der Waals surface area contributed by atoms with Crippen LogP contribution in [-0.2, 0) is 0 Å². The van der Waals surface area contributed by atoms with E-state index in [4.69, 9.17) is 0 Å². The zero-order valence-corrected chi connectivity index (χ0v) is 11.8. The van der Waals surface area contributed by atoms with Gasteiger partial charge in [-0.1, -0.05) is 0 Å². The summed E-state index contributed by atoms with van der Waals surface area (Å²) < 4.78 is 13.4. The van der Waals surface area contributed by atoms with Crippen LogP contribution >= 0.6 is 0 Å². The number of halogens is 1. The highest BCUT2D eigenvalue weighted by Crippen LogP contribution is 2.30. The zero-order chi connectivity index (χ0) is 14.2. The Balaban J connectivity index is 1.79. The number of aromatic nitrogens is 2. The summed E-state index contributed by atoms with van der Waals surface area (Å²) in [6.45, 7) is 3.67. The molecule has 1 aliphatic heterocycles. The number of rotatable bonds is 3. The lowest BCUT2D eigenvalue weighted by atomic mass is 10.2. The topological polar surface area (TPSA) is 53.1 Å². The van der Waals surface area contributed by atoms with Crippen LogP contribution in [0.3, 0.4) is 0 Å². The van der Waals surface area contributed by atoms with Crippen molar-refractivity contribution in [3.8, 4) is 0 Å². The Morgan fingerprint density at radius 3 is 2.71 bits per heavy atom. The molecule has 0 spiro atoms.